The summed E-state index contributed by atoms with van der Waals surface area (Å²) in [6.07, 6.45) is 2.75. The van der Waals surface area contributed by atoms with E-state index in [4.69, 9.17) is 4.42 Å². The van der Waals surface area contributed by atoms with Crippen LogP contribution in [-0.2, 0) is 4.79 Å². The molecule has 1 aliphatic carbocycles. The molecule has 0 bridgehead atoms. The highest BCUT2D eigenvalue weighted by atomic mass is 16.3. The number of furan rings is 1. The van der Waals surface area contributed by atoms with Crippen LogP contribution in [0.4, 0.5) is 0 Å². The summed E-state index contributed by atoms with van der Waals surface area (Å²) >= 11 is 0. The van der Waals surface area contributed by atoms with Crippen molar-refractivity contribution >= 4 is 6.08 Å². The summed E-state index contributed by atoms with van der Waals surface area (Å²) in [4.78, 5) is 13.7. The van der Waals surface area contributed by atoms with Gasteiger partial charge in [-0.25, -0.2) is 4.79 Å². The van der Waals surface area contributed by atoms with E-state index in [1.54, 1.807) is 6.08 Å². The number of aliphatic imine (C=N–C) groups is 1. The van der Waals surface area contributed by atoms with Gasteiger partial charge in [0.15, 0.2) is 0 Å². The van der Waals surface area contributed by atoms with Gasteiger partial charge in [0, 0.05) is 5.92 Å². The maximum Gasteiger partial charge on any atom is 0.235 e. The largest absolute Gasteiger partial charge is 0.463 e. The standard InChI is InChI=1S/C11H13NO2/c1-7-5-9(7)11-4-3-10(14-11)8(2)12-6-13/h3-4,7-9H,5H2,1-2H3. The molecule has 0 saturated heterocycles. The molecule has 3 unspecified atom stereocenters. The number of hydrogen-bond donors (Lipinski definition) is 0. The molecule has 3 heteroatoms. The second kappa shape index (κ2) is 3.43. The highest BCUT2D eigenvalue weighted by molar-refractivity contribution is 5.34. The molecule has 74 valence electrons. The second-order valence-corrected chi connectivity index (χ2v) is 3.96. The lowest BCUT2D eigenvalue weighted by Gasteiger charge is -1.98. The van der Waals surface area contributed by atoms with Crippen molar-refractivity contribution in [2.75, 3.05) is 0 Å². The van der Waals surface area contributed by atoms with Crippen LogP contribution in [0.5, 0.6) is 0 Å². The van der Waals surface area contributed by atoms with Crippen molar-refractivity contribution in [2.45, 2.75) is 32.2 Å². The van der Waals surface area contributed by atoms with Crippen LogP contribution in [0.3, 0.4) is 0 Å². The van der Waals surface area contributed by atoms with Crippen LogP contribution < -0.4 is 0 Å². The summed E-state index contributed by atoms with van der Waals surface area (Å²) < 4.78 is 5.62. The van der Waals surface area contributed by atoms with Gasteiger partial charge in [-0.1, -0.05) is 6.92 Å². The van der Waals surface area contributed by atoms with E-state index in [-0.39, 0.29) is 6.04 Å². The van der Waals surface area contributed by atoms with Gasteiger partial charge in [0.1, 0.15) is 17.6 Å². The number of rotatable bonds is 3. The molecule has 0 aromatic carbocycles. The molecule has 1 aromatic heterocycles. The predicted octanol–water partition coefficient (Wildman–Crippen LogP) is 2.80. The van der Waals surface area contributed by atoms with E-state index in [1.165, 1.54) is 6.42 Å². The van der Waals surface area contributed by atoms with Gasteiger partial charge >= 0.3 is 0 Å². The van der Waals surface area contributed by atoms with Crippen LogP contribution >= 0.6 is 0 Å². The summed E-state index contributed by atoms with van der Waals surface area (Å²) in [6.45, 7) is 4.03. The second-order valence-electron chi connectivity index (χ2n) is 3.96. The average molecular weight is 191 g/mol. The lowest BCUT2D eigenvalue weighted by molar-refractivity contribution is 0.439. The Balaban J connectivity index is 2.13. The molecule has 1 heterocycles. The molecule has 3 nitrogen and oxygen atoms in total. The minimum absolute atomic E-state index is 0.213. The van der Waals surface area contributed by atoms with E-state index in [1.807, 2.05) is 19.1 Å². The van der Waals surface area contributed by atoms with Crippen LogP contribution in [0, 0.1) is 5.92 Å². The smallest absolute Gasteiger partial charge is 0.235 e. The highest BCUT2D eigenvalue weighted by Gasteiger charge is 2.36. The Bertz CT molecular complexity index is 376. The number of isocyanates is 1. The van der Waals surface area contributed by atoms with Gasteiger partial charge in [0.05, 0.1) is 0 Å². The molecular weight excluding hydrogens is 178 g/mol. The molecule has 3 atom stereocenters. The first-order valence-electron chi connectivity index (χ1n) is 4.89. The molecule has 1 saturated carbocycles. The summed E-state index contributed by atoms with van der Waals surface area (Å²) in [5.41, 5.74) is 0. The van der Waals surface area contributed by atoms with Gasteiger partial charge in [0.25, 0.3) is 0 Å². The number of hydrogen-bond acceptors (Lipinski definition) is 3. The maximum atomic E-state index is 10.1. The van der Waals surface area contributed by atoms with Crippen molar-refractivity contribution < 1.29 is 9.21 Å². The van der Waals surface area contributed by atoms with Gasteiger partial charge in [-0.15, -0.1) is 0 Å². The third kappa shape index (κ3) is 1.64. The molecule has 1 aromatic rings. The predicted molar refractivity (Wildman–Crippen MR) is 51.8 cm³/mol. The molecule has 0 radical (unpaired) electrons. The van der Waals surface area contributed by atoms with E-state index < -0.39 is 0 Å². The molecule has 0 amide bonds. The molecule has 0 N–H and O–H groups in total. The Hall–Kier alpha value is -1.34. The Kier molecular flexibility index (Phi) is 2.26. The van der Waals surface area contributed by atoms with Crippen molar-refractivity contribution in [1.82, 2.24) is 0 Å². The Labute approximate surface area is 82.8 Å². The molecular formula is C11H13NO2. The zero-order valence-corrected chi connectivity index (χ0v) is 8.36. The van der Waals surface area contributed by atoms with Crippen LogP contribution in [0.1, 0.15) is 43.7 Å². The SMILES string of the molecule is CC(N=C=O)c1ccc(C2CC2C)o1. The Morgan fingerprint density at radius 3 is 2.93 bits per heavy atom. The van der Waals surface area contributed by atoms with Crippen molar-refractivity contribution in [2.24, 2.45) is 10.9 Å². The number of carbonyl (C=O) groups excluding carboxylic acids is 1. The zero-order chi connectivity index (χ0) is 10.1. The maximum absolute atomic E-state index is 10.1. The van der Waals surface area contributed by atoms with Crippen molar-refractivity contribution in [3.8, 4) is 0 Å². The van der Waals surface area contributed by atoms with Crippen LogP contribution in [0.15, 0.2) is 21.5 Å². The molecule has 0 spiro atoms. The monoisotopic (exact) mass is 191 g/mol. The van der Waals surface area contributed by atoms with Gasteiger partial charge in [0.2, 0.25) is 6.08 Å². The number of nitrogens with zero attached hydrogens (tertiary/aromatic N) is 1. The van der Waals surface area contributed by atoms with Gasteiger partial charge < -0.3 is 4.42 Å². The highest BCUT2D eigenvalue weighted by Crippen LogP contribution is 2.47. The van der Waals surface area contributed by atoms with Gasteiger partial charge in [-0.3, -0.25) is 0 Å². The first-order chi connectivity index (χ1) is 6.72. The molecule has 1 aliphatic rings. The van der Waals surface area contributed by atoms with Crippen molar-refractivity contribution in [3.05, 3.63) is 23.7 Å². The normalized spacial score (nSPS) is 26.7. The average Bonchev–Trinajstić information content (AvgIpc) is 2.70. The van der Waals surface area contributed by atoms with Crippen LogP contribution in [-0.4, -0.2) is 6.08 Å². The summed E-state index contributed by atoms with van der Waals surface area (Å²) in [7, 11) is 0. The molecule has 14 heavy (non-hydrogen) atoms. The van der Waals surface area contributed by atoms with Crippen molar-refractivity contribution in [1.29, 1.82) is 0 Å². The molecule has 2 rings (SSSR count). The van der Waals surface area contributed by atoms with Gasteiger partial charge in [-0.2, -0.15) is 4.99 Å². The Morgan fingerprint density at radius 2 is 2.36 bits per heavy atom. The fourth-order valence-electron chi connectivity index (χ4n) is 1.65. The first-order valence-corrected chi connectivity index (χ1v) is 4.89. The summed E-state index contributed by atoms with van der Waals surface area (Å²) in [5, 5.41) is 0. The van der Waals surface area contributed by atoms with E-state index in [2.05, 4.69) is 11.9 Å². The first kappa shape index (κ1) is 9.22. The van der Waals surface area contributed by atoms with Crippen LogP contribution in [0.2, 0.25) is 0 Å². The van der Waals surface area contributed by atoms with Crippen LogP contribution in [0.25, 0.3) is 0 Å². The summed E-state index contributed by atoms with van der Waals surface area (Å²) in [5.74, 6) is 3.10. The fourth-order valence-corrected chi connectivity index (χ4v) is 1.65. The Morgan fingerprint density at radius 1 is 1.64 bits per heavy atom. The third-order valence-corrected chi connectivity index (χ3v) is 2.78. The third-order valence-electron chi connectivity index (χ3n) is 2.78. The lowest BCUT2D eigenvalue weighted by Crippen LogP contribution is -1.84. The van der Waals surface area contributed by atoms with Crippen molar-refractivity contribution in [3.63, 3.8) is 0 Å². The minimum atomic E-state index is -0.213. The van der Waals surface area contributed by atoms with E-state index in [0.717, 1.165) is 17.4 Å². The topological polar surface area (TPSA) is 42.6 Å². The fraction of sp³-hybridized carbons (Fsp3) is 0.545. The van der Waals surface area contributed by atoms with E-state index in [0.29, 0.717) is 5.92 Å². The summed E-state index contributed by atoms with van der Waals surface area (Å²) in [6, 6.07) is 3.67. The zero-order valence-electron chi connectivity index (χ0n) is 8.36. The molecule has 0 aliphatic heterocycles. The van der Waals surface area contributed by atoms with E-state index in [9.17, 15) is 4.79 Å². The van der Waals surface area contributed by atoms with Gasteiger partial charge in [-0.05, 0) is 31.4 Å². The van der Waals surface area contributed by atoms with E-state index >= 15 is 0 Å². The lowest BCUT2D eigenvalue weighted by atomic mass is 10.2. The quantitative estimate of drug-likeness (QED) is 0.544. The minimum Gasteiger partial charge on any atom is -0.463 e. The molecule has 1 fully saturated rings.